The standard InChI is InChI=1S/C14H13FS/c1-10-8-9-13(14(15)11(10)2)16-12-6-4-3-5-7-12/h3-9H,1-2H3/i3D. The maximum Gasteiger partial charge on any atom is 0.140 e. The average molecular weight is 233 g/mol. The van der Waals surface area contributed by atoms with E-state index in [1.54, 1.807) is 25.1 Å². The summed E-state index contributed by atoms with van der Waals surface area (Å²) in [7, 11) is 0. The van der Waals surface area contributed by atoms with Crippen LogP contribution in [0.25, 0.3) is 0 Å². The third-order valence-corrected chi connectivity index (χ3v) is 3.58. The Morgan fingerprint density at radius 1 is 1.12 bits per heavy atom. The minimum Gasteiger partial charge on any atom is -0.205 e. The highest BCUT2D eigenvalue weighted by molar-refractivity contribution is 7.99. The van der Waals surface area contributed by atoms with Gasteiger partial charge < -0.3 is 0 Å². The predicted molar refractivity (Wildman–Crippen MR) is 66.4 cm³/mol. The molecule has 2 aromatic rings. The minimum atomic E-state index is -0.148. The van der Waals surface area contributed by atoms with Gasteiger partial charge in [0, 0.05) is 9.79 Å². The SMILES string of the molecule is [2H]c1ccc(Sc2ccc(C)c(C)c2F)cc1. The Morgan fingerprint density at radius 2 is 1.81 bits per heavy atom. The van der Waals surface area contributed by atoms with E-state index in [1.807, 2.05) is 25.1 Å². The van der Waals surface area contributed by atoms with Gasteiger partial charge in [-0.15, -0.1) is 0 Å². The van der Waals surface area contributed by atoms with Crippen LogP contribution in [0, 0.1) is 19.7 Å². The second kappa shape index (κ2) is 4.71. The number of aryl methyl sites for hydroxylation is 1. The van der Waals surface area contributed by atoms with Crippen LogP contribution in [-0.4, -0.2) is 0 Å². The van der Waals surface area contributed by atoms with E-state index in [0.29, 0.717) is 16.5 Å². The first-order chi connectivity index (χ1) is 8.08. The van der Waals surface area contributed by atoms with Gasteiger partial charge in [0.1, 0.15) is 5.82 Å². The van der Waals surface area contributed by atoms with Crippen molar-refractivity contribution in [2.75, 3.05) is 0 Å². The van der Waals surface area contributed by atoms with Gasteiger partial charge in [-0.25, -0.2) is 4.39 Å². The molecular weight excluding hydrogens is 219 g/mol. The van der Waals surface area contributed by atoms with Crippen molar-refractivity contribution in [3.8, 4) is 0 Å². The summed E-state index contributed by atoms with van der Waals surface area (Å²) in [5.74, 6) is -0.148. The fourth-order valence-electron chi connectivity index (χ4n) is 1.40. The molecule has 2 rings (SSSR count). The quantitative estimate of drug-likeness (QED) is 0.730. The summed E-state index contributed by atoms with van der Waals surface area (Å²) in [4.78, 5) is 1.58. The monoisotopic (exact) mass is 233 g/mol. The van der Waals surface area contributed by atoms with Gasteiger partial charge in [-0.1, -0.05) is 36.0 Å². The molecule has 0 aliphatic rings. The molecule has 0 aromatic heterocycles. The number of halogens is 1. The molecule has 0 unspecified atom stereocenters. The molecule has 0 nitrogen and oxygen atoms in total. The summed E-state index contributed by atoms with van der Waals surface area (Å²) < 4.78 is 21.4. The van der Waals surface area contributed by atoms with Gasteiger partial charge >= 0.3 is 0 Å². The zero-order valence-electron chi connectivity index (χ0n) is 10.3. The summed E-state index contributed by atoms with van der Waals surface area (Å²) in [5, 5.41) is 0. The molecule has 0 N–H and O–H groups in total. The highest BCUT2D eigenvalue weighted by Crippen LogP contribution is 2.31. The van der Waals surface area contributed by atoms with Crippen LogP contribution in [0.4, 0.5) is 4.39 Å². The molecule has 2 heteroatoms. The summed E-state index contributed by atoms with van der Waals surface area (Å²) in [6, 6.07) is 11.3. The molecular formula is C14H13FS. The predicted octanol–water partition coefficient (Wildman–Crippen LogP) is 4.59. The maximum absolute atomic E-state index is 14.0. The van der Waals surface area contributed by atoms with Crippen molar-refractivity contribution >= 4 is 11.8 Å². The van der Waals surface area contributed by atoms with Gasteiger partial charge in [0.05, 0.1) is 1.37 Å². The first-order valence-electron chi connectivity index (χ1n) is 5.58. The number of rotatable bonds is 2. The van der Waals surface area contributed by atoms with E-state index in [9.17, 15) is 4.39 Å². The van der Waals surface area contributed by atoms with Crippen LogP contribution >= 0.6 is 11.8 Å². The third kappa shape index (κ3) is 2.27. The Labute approximate surface area is 101 Å². The molecule has 16 heavy (non-hydrogen) atoms. The summed E-state index contributed by atoms with van der Waals surface area (Å²) >= 11 is 1.39. The molecule has 2 aromatic carbocycles. The first-order valence-corrected chi connectivity index (χ1v) is 5.90. The van der Waals surface area contributed by atoms with Gasteiger partial charge in [-0.05, 0) is 43.2 Å². The second-order valence-corrected chi connectivity index (χ2v) is 4.77. The van der Waals surface area contributed by atoms with Crippen LogP contribution in [0.3, 0.4) is 0 Å². The minimum absolute atomic E-state index is 0.148. The molecule has 82 valence electrons. The first kappa shape index (κ1) is 9.91. The molecule has 0 spiro atoms. The average Bonchev–Trinajstić information content (AvgIpc) is 2.33. The number of hydrogen-bond acceptors (Lipinski definition) is 1. The number of hydrogen-bond donors (Lipinski definition) is 0. The van der Waals surface area contributed by atoms with Crippen LogP contribution in [-0.2, 0) is 0 Å². The van der Waals surface area contributed by atoms with Gasteiger partial charge in [-0.2, -0.15) is 0 Å². The lowest BCUT2D eigenvalue weighted by Gasteiger charge is -2.07. The Balaban J connectivity index is 2.30. The molecule has 0 aliphatic heterocycles. The van der Waals surface area contributed by atoms with Gasteiger partial charge in [0.2, 0.25) is 0 Å². The van der Waals surface area contributed by atoms with Crippen molar-refractivity contribution in [2.24, 2.45) is 0 Å². The van der Waals surface area contributed by atoms with Crippen molar-refractivity contribution in [3.05, 3.63) is 59.4 Å². The highest BCUT2D eigenvalue weighted by atomic mass is 32.2. The Hall–Kier alpha value is -1.28. The molecule has 0 heterocycles. The Morgan fingerprint density at radius 3 is 2.50 bits per heavy atom. The lowest BCUT2D eigenvalue weighted by Crippen LogP contribution is -1.90. The second-order valence-electron chi connectivity index (χ2n) is 3.66. The zero-order valence-corrected chi connectivity index (χ0v) is 10.1. The van der Waals surface area contributed by atoms with Crippen molar-refractivity contribution in [2.45, 2.75) is 23.6 Å². The smallest absolute Gasteiger partial charge is 0.140 e. The van der Waals surface area contributed by atoms with Crippen molar-refractivity contribution in [1.29, 1.82) is 0 Å². The topological polar surface area (TPSA) is 0 Å². The summed E-state index contributed by atoms with van der Waals surface area (Å²) in [6.07, 6.45) is 0. The fourth-order valence-corrected chi connectivity index (χ4v) is 2.31. The van der Waals surface area contributed by atoms with E-state index in [0.717, 1.165) is 10.5 Å². The van der Waals surface area contributed by atoms with Gasteiger partial charge in [0.15, 0.2) is 0 Å². The van der Waals surface area contributed by atoms with Gasteiger partial charge in [-0.3, -0.25) is 0 Å². The van der Waals surface area contributed by atoms with Crippen molar-refractivity contribution in [3.63, 3.8) is 0 Å². The van der Waals surface area contributed by atoms with Crippen LogP contribution < -0.4 is 0 Å². The highest BCUT2D eigenvalue weighted by Gasteiger charge is 2.08. The van der Waals surface area contributed by atoms with Gasteiger partial charge in [0.25, 0.3) is 0 Å². The summed E-state index contributed by atoms with van der Waals surface area (Å²) in [5.41, 5.74) is 1.67. The zero-order chi connectivity index (χ0) is 12.4. The largest absolute Gasteiger partial charge is 0.205 e. The van der Waals surface area contributed by atoms with Crippen molar-refractivity contribution < 1.29 is 5.76 Å². The fraction of sp³-hybridized carbons (Fsp3) is 0.143. The molecule has 0 atom stereocenters. The van der Waals surface area contributed by atoms with E-state index in [-0.39, 0.29) is 5.82 Å². The van der Waals surface area contributed by atoms with E-state index in [2.05, 4.69) is 0 Å². The Kier molecular flexibility index (Phi) is 2.91. The van der Waals surface area contributed by atoms with Crippen molar-refractivity contribution in [1.82, 2.24) is 0 Å². The van der Waals surface area contributed by atoms with Crippen LogP contribution in [0.2, 0.25) is 0 Å². The van der Waals surface area contributed by atoms with E-state index in [4.69, 9.17) is 1.37 Å². The lowest BCUT2D eigenvalue weighted by molar-refractivity contribution is 0.591. The molecule has 0 bridgehead atoms. The maximum atomic E-state index is 14.0. The van der Waals surface area contributed by atoms with Crippen LogP contribution in [0.15, 0.2) is 52.2 Å². The van der Waals surface area contributed by atoms with E-state index in [1.165, 1.54) is 11.8 Å². The molecule has 0 saturated carbocycles. The number of benzene rings is 2. The molecule has 0 amide bonds. The van der Waals surface area contributed by atoms with E-state index < -0.39 is 0 Å². The molecule has 0 aliphatic carbocycles. The normalized spacial score (nSPS) is 11.3. The van der Waals surface area contributed by atoms with E-state index >= 15 is 0 Å². The Bertz CT molecular complexity index is 535. The lowest BCUT2D eigenvalue weighted by atomic mass is 10.1. The van der Waals surface area contributed by atoms with Crippen LogP contribution in [0.1, 0.15) is 12.5 Å². The summed E-state index contributed by atoms with van der Waals surface area (Å²) in [6.45, 7) is 3.70. The molecule has 0 radical (unpaired) electrons. The van der Waals surface area contributed by atoms with Crippen LogP contribution in [0.5, 0.6) is 0 Å². The molecule has 0 saturated heterocycles. The molecule has 0 fully saturated rings. The third-order valence-electron chi connectivity index (χ3n) is 2.54.